The number of rotatable bonds is 3. The number of piperidine rings is 1. The first-order valence-electron chi connectivity index (χ1n) is 6.79. The molecule has 1 aliphatic heterocycles. The number of benzene rings is 1. The third kappa shape index (κ3) is 1.86. The zero-order valence-corrected chi connectivity index (χ0v) is 12.4. The molecule has 3 rings (SSSR count). The fraction of sp³-hybridized carbons (Fsp3) is 0.500. The molecule has 1 saturated heterocycles. The molecule has 0 aromatic heterocycles. The van der Waals surface area contributed by atoms with E-state index in [0.29, 0.717) is 22.8 Å². The summed E-state index contributed by atoms with van der Waals surface area (Å²) in [7, 11) is 0. The summed E-state index contributed by atoms with van der Waals surface area (Å²) < 4.78 is 0. The van der Waals surface area contributed by atoms with Crippen LogP contribution in [0.25, 0.3) is 0 Å². The van der Waals surface area contributed by atoms with Gasteiger partial charge in [-0.2, -0.15) is 0 Å². The summed E-state index contributed by atoms with van der Waals surface area (Å²) in [5.74, 6) is 1.45. The van der Waals surface area contributed by atoms with Crippen LogP contribution in [0.2, 0.25) is 0 Å². The van der Waals surface area contributed by atoms with E-state index in [9.17, 15) is 0 Å². The van der Waals surface area contributed by atoms with Crippen molar-refractivity contribution in [3.63, 3.8) is 0 Å². The lowest BCUT2D eigenvalue weighted by Crippen LogP contribution is -2.40. The van der Waals surface area contributed by atoms with E-state index < -0.39 is 0 Å². The van der Waals surface area contributed by atoms with Crippen molar-refractivity contribution in [3.8, 4) is 0 Å². The first-order valence-corrected chi connectivity index (χ1v) is 7.71. The van der Waals surface area contributed by atoms with Crippen molar-refractivity contribution in [2.75, 3.05) is 6.54 Å². The maximum atomic E-state index is 4.01. The molecule has 2 heteroatoms. The summed E-state index contributed by atoms with van der Waals surface area (Å²) in [6.07, 6.45) is 3.46. The highest BCUT2D eigenvalue weighted by atomic mass is 79.9. The predicted molar refractivity (Wildman–Crippen MR) is 79.9 cm³/mol. The van der Waals surface area contributed by atoms with E-state index in [-0.39, 0.29) is 0 Å². The second-order valence-corrected chi connectivity index (χ2v) is 6.67. The monoisotopic (exact) mass is 305 g/mol. The van der Waals surface area contributed by atoms with Crippen molar-refractivity contribution in [1.82, 2.24) is 4.90 Å². The third-order valence-electron chi connectivity index (χ3n) is 4.70. The normalized spacial score (nSPS) is 36.8. The molecule has 96 valence electrons. The summed E-state index contributed by atoms with van der Waals surface area (Å²) >= 11 is 3.90. The van der Waals surface area contributed by atoms with Gasteiger partial charge < -0.3 is 0 Å². The standard InChI is InChI=1S/C16H20BrN/c1-3-12-9-14-10-18(16(12)15(14)17)11(2)13-7-5-4-6-8-13/h3-8,11-12,14-16H,1,9-10H2,2H3/t11-,12-,14+,15+,16+/m0/s1. The molecule has 0 spiro atoms. The Morgan fingerprint density at radius 3 is 2.72 bits per heavy atom. The van der Waals surface area contributed by atoms with Crippen molar-refractivity contribution >= 4 is 15.9 Å². The highest BCUT2D eigenvalue weighted by Gasteiger charge is 2.51. The van der Waals surface area contributed by atoms with E-state index in [0.717, 1.165) is 5.92 Å². The molecule has 0 unspecified atom stereocenters. The Bertz CT molecular complexity index is 430. The SMILES string of the molecule is C=C[C@H]1C[C@@H]2CN([C@@H](C)c3ccccc3)[C@H]1[C@@H]2Br. The minimum atomic E-state index is 0.504. The fourth-order valence-electron chi connectivity index (χ4n) is 3.71. The lowest BCUT2D eigenvalue weighted by atomic mass is 9.95. The van der Waals surface area contributed by atoms with Gasteiger partial charge in [-0.25, -0.2) is 0 Å². The predicted octanol–water partition coefficient (Wildman–Crippen LogP) is 4.02. The van der Waals surface area contributed by atoms with E-state index >= 15 is 0 Å². The summed E-state index contributed by atoms with van der Waals surface area (Å²) in [6.45, 7) is 7.57. The van der Waals surface area contributed by atoms with Gasteiger partial charge in [-0.3, -0.25) is 4.90 Å². The average molecular weight is 306 g/mol. The molecule has 1 heterocycles. The molecular weight excluding hydrogens is 286 g/mol. The van der Waals surface area contributed by atoms with Crippen LogP contribution in [-0.4, -0.2) is 22.3 Å². The maximum Gasteiger partial charge on any atom is 0.0348 e. The van der Waals surface area contributed by atoms with Gasteiger partial charge in [-0.1, -0.05) is 52.3 Å². The number of likely N-dealkylation sites (tertiary alicyclic amines) is 1. The van der Waals surface area contributed by atoms with Gasteiger partial charge in [0, 0.05) is 23.5 Å². The lowest BCUT2D eigenvalue weighted by molar-refractivity contribution is 0.134. The maximum absolute atomic E-state index is 4.01. The molecule has 1 aliphatic carbocycles. The van der Waals surface area contributed by atoms with E-state index in [1.807, 2.05) is 0 Å². The first kappa shape index (κ1) is 12.4. The van der Waals surface area contributed by atoms with Gasteiger partial charge >= 0.3 is 0 Å². The number of hydrogen-bond acceptors (Lipinski definition) is 1. The molecule has 2 fully saturated rings. The lowest BCUT2D eigenvalue weighted by Gasteiger charge is -2.36. The minimum Gasteiger partial charge on any atom is -0.292 e. The van der Waals surface area contributed by atoms with Gasteiger partial charge in [0.15, 0.2) is 0 Å². The molecule has 2 bridgehead atoms. The molecular formula is C16H20BrN. The van der Waals surface area contributed by atoms with E-state index in [4.69, 9.17) is 0 Å². The Morgan fingerprint density at radius 1 is 1.39 bits per heavy atom. The Kier molecular flexibility index (Phi) is 3.33. The van der Waals surface area contributed by atoms with Gasteiger partial charge in [-0.15, -0.1) is 6.58 Å². The molecule has 0 radical (unpaired) electrons. The minimum absolute atomic E-state index is 0.504. The number of hydrogen-bond donors (Lipinski definition) is 0. The van der Waals surface area contributed by atoms with E-state index in [1.54, 1.807) is 0 Å². The van der Waals surface area contributed by atoms with Crippen LogP contribution in [0, 0.1) is 11.8 Å². The Hall–Kier alpha value is -0.600. The van der Waals surface area contributed by atoms with Crippen LogP contribution in [0.1, 0.15) is 24.9 Å². The molecule has 18 heavy (non-hydrogen) atoms. The van der Waals surface area contributed by atoms with Crippen LogP contribution in [-0.2, 0) is 0 Å². The molecule has 1 aromatic rings. The fourth-order valence-corrected chi connectivity index (χ4v) is 4.78. The van der Waals surface area contributed by atoms with Crippen LogP contribution in [0.15, 0.2) is 43.0 Å². The summed E-state index contributed by atoms with van der Waals surface area (Å²) in [6, 6.07) is 12.0. The molecule has 0 N–H and O–H groups in total. The third-order valence-corrected chi connectivity index (χ3v) is 5.99. The first-order chi connectivity index (χ1) is 8.72. The summed E-state index contributed by atoms with van der Waals surface area (Å²) in [5.41, 5.74) is 1.42. The van der Waals surface area contributed by atoms with Crippen molar-refractivity contribution in [1.29, 1.82) is 0 Å². The van der Waals surface area contributed by atoms with Crippen LogP contribution in [0.4, 0.5) is 0 Å². The Labute approximate surface area is 118 Å². The van der Waals surface area contributed by atoms with Gasteiger partial charge in [0.1, 0.15) is 0 Å². The van der Waals surface area contributed by atoms with Crippen LogP contribution in [0.5, 0.6) is 0 Å². The molecule has 2 aliphatic rings. The van der Waals surface area contributed by atoms with Crippen molar-refractivity contribution in [3.05, 3.63) is 48.6 Å². The summed E-state index contributed by atoms with van der Waals surface area (Å²) in [4.78, 5) is 3.31. The Balaban J connectivity index is 1.84. The second kappa shape index (κ2) is 4.82. The van der Waals surface area contributed by atoms with Crippen molar-refractivity contribution < 1.29 is 0 Å². The molecule has 5 atom stereocenters. The average Bonchev–Trinajstić information content (AvgIpc) is 2.91. The molecule has 1 saturated carbocycles. The van der Waals surface area contributed by atoms with Gasteiger partial charge in [0.05, 0.1) is 0 Å². The summed E-state index contributed by atoms with van der Waals surface area (Å²) in [5, 5.41) is 0. The van der Waals surface area contributed by atoms with Crippen molar-refractivity contribution in [2.24, 2.45) is 11.8 Å². The van der Waals surface area contributed by atoms with Crippen LogP contribution in [0.3, 0.4) is 0 Å². The number of nitrogens with zero attached hydrogens (tertiary/aromatic N) is 1. The zero-order valence-electron chi connectivity index (χ0n) is 10.8. The number of alkyl halides is 1. The quantitative estimate of drug-likeness (QED) is 0.602. The van der Waals surface area contributed by atoms with E-state index in [1.165, 1.54) is 18.5 Å². The van der Waals surface area contributed by atoms with Crippen LogP contribution < -0.4 is 0 Å². The zero-order chi connectivity index (χ0) is 12.7. The topological polar surface area (TPSA) is 3.24 Å². The number of halogens is 1. The molecule has 1 aromatic carbocycles. The van der Waals surface area contributed by atoms with Crippen LogP contribution >= 0.6 is 15.9 Å². The van der Waals surface area contributed by atoms with E-state index in [2.05, 4.69) is 70.7 Å². The largest absolute Gasteiger partial charge is 0.292 e. The smallest absolute Gasteiger partial charge is 0.0348 e. The van der Waals surface area contributed by atoms with Crippen molar-refractivity contribution in [2.45, 2.75) is 30.3 Å². The molecule has 0 amide bonds. The van der Waals surface area contributed by atoms with Gasteiger partial charge in [0.25, 0.3) is 0 Å². The highest BCUT2D eigenvalue weighted by Crippen LogP contribution is 2.49. The second-order valence-electron chi connectivity index (χ2n) is 5.61. The number of fused-ring (bicyclic) bond motifs is 2. The highest BCUT2D eigenvalue weighted by molar-refractivity contribution is 9.09. The van der Waals surface area contributed by atoms with Gasteiger partial charge in [-0.05, 0) is 30.7 Å². The Morgan fingerprint density at radius 2 is 2.11 bits per heavy atom. The van der Waals surface area contributed by atoms with Gasteiger partial charge in [0.2, 0.25) is 0 Å². The molecule has 1 nitrogen and oxygen atoms in total.